The third kappa shape index (κ3) is 4.24. The molecule has 5 nitrogen and oxygen atoms in total. The van der Waals surface area contributed by atoms with E-state index in [1.165, 1.54) is 4.31 Å². The number of carbonyl (C=O) groups is 1. The first kappa shape index (κ1) is 20.9. The Labute approximate surface area is 181 Å². The molecule has 1 fully saturated rings. The molecule has 0 aromatic heterocycles. The van der Waals surface area contributed by atoms with Gasteiger partial charge in [-0.1, -0.05) is 42.5 Å². The van der Waals surface area contributed by atoms with Crippen LogP contribution in [0.4, 0.5) is 0 Å². The molecule has 0 radical (unpaired) electrons. The Balaban J connectivity index is 1.46. The number of fused-ring (bicyclic) bond motifs is 1. The van der Waals surface area contributed by atoms with Crippen molar-refractivity contribution in [2.45, 2.75) is 10.6 Å². The van der Waals surface area contributed by atoms with E-state index in [2.05, 4.69) is 0 Å². The van der Waals surface area contributed by atoms with Crippen LogP contribution in [0.5, 0.6) is 0 Å². The number of piperazine rings is 1. The third-order valence-electron chi connectivity index (χ3n) is 5.37. The summed E-state index contributed by atoms with van der Waals surface area (Å²) in [5, 5.41) is 1.91. The lowest BCUT2D eigenvalue weighted by Gasteiger charge is -2.34. The van der Waals surface area contributed by atoms with E-state index in [4.69, 9.17) is 0 Å². The fourth-order valence-electron chi connectivity index (χ4n) is 3.75. The van der Waals surface area contributed by atoms with Gasteiger partial charge in [0.25, 0.3) is 5.91 Å². The molecule has 3 aromatic carbocycles. The minimum atomic E-state index is -3.59. The van der Waals surface area contributed by atoms with E-state index in [0.29, 0.717) is 36.6 Å². The SMILES string of the molecule is CSCc1cccc(C(=O)N2CCN(S(=O)(=O)c3ccc4ccccc4c3)CC2)c1. The van der Waals surface area contributed by atoms with Crippen LogP contribution in [-0.4, -0.2) is 56.0 Å². The number of benzene rings is 3. The van der Waals surface area contributed by atoms with Crippen LogP contribution in [0.3, 0.4) is 0 Å². The Morgan fingerprint density at radius 3 is 2.37 bits per heavy atom. The Bertz CT molecular complexity index is 1170. The third-order valence-corrected chi connectivity index (χ3v) is 7.89. The average molecular weight is 441 g/mol. The topological polar surface area (TPSA) is 57.7 Å². The molecule has 1 heterocycles. The molecule has 30 heavy (non-hydrogen) atoms. The molecular weight excluding hydrogens is 416 g/mol. The molecular formula is C23H24N2O3S2. The summed E-state index contributed by atoms with van der Waals surface area (Å²) < 4.78 is 27.7. The first-order chi connectivity index (χ1) is 14.5. The predicted octanol–water partition coefficient (Wildman–Crippen LogP) is 3.85. The summed E-state index contributed by atoms with van der Waals surface area (Å²) in [6.45, 7) is 1.37. The molecule has 7 heteroatoms. The van der Waals surface area contributed by atoms with E-state index < -0.39 is 10.0 Å². The molecule has 1 saturated heterocycles. The first-order valence-corrected chi connectivity index (χ1v) is 12.7. The molecule has 0 N–H and O–H groups in total. The lowest BCUT2D eigenvalue weighted by Crippen LogP contribution is -2.50. The van der Waals surface area contributed by atoms with Gasteiger partial charge < -0.3 is 4.90 Å². The Kier molecular flexibility index (Phi) is 6.13. The minimum Gasteiger partial charge on any atom is -0.336 e. The molecule has 0 aliphatic carbocycles. The van der Waals surface area contributed by atoms with Crippen LogP contribution >= 0.6 is 11.8 Å². The van der Waals surface area contributed by atoms with Gasteiger partial charge in [0.2, 0.25) is 10.0 Å². The molecule has 156 valence electrons. The van der Waals surface area contributed by atoms with Gasteiger partial charge in [0.15, 0.2) is 0 Å². The van der Waals surface area contributed by atoms with Gasteiger partial charge in [0, 0.05) is 37.5 Å². The highest BCUT2D eigenvalue weighted by Gasteiger charge is 2.30. The van der Waals surface area contributed by atoms with Crippen molar-refractivity contribution in [3.63, 3.8) is 0 Å². The molecule has 3 aromatic rings. The van der Waals surface area contributed by atoms with E-state index in [0.717, 1.165) is 22.1 Å². The lowest BCUT2D eigenvalue weighted by molar-refractivity contribution is 0.0698. The fourth-order valence-corrected chi connectivity index (χ4v) is 5.72. The van der Waals surface area contributed by atoms with E-state index in [1.54, 1.807) is 28.8 Å². The number of hydrogen-bond donors (Lipinski definition) is 0. The van der Waals surface area contributed by atoms with Gasteiger partial charge in [-0.3, -0.25) is 4.79 Å². The highest BCUT2D eigenvalue weighted by molar-refractivity contribution is 7.97. The summed E-state index contributed by atoms with van der Waals surface area (Å²) in [4.78, 5) is 14.9. The van der Waals surface area contributed by atoms with E-state index >= 15 is 0 Å². The predicted molar refractivity (Wildman–Crippen MR) is 122 cm³/mol. The van der Waals surface area contributed by atoms with E-state index in [1.807, 2.05) is 60.9 Å². The second-order valence-corrected chi connectivity index (χ2v) is 10.1. The van der Waals surface area contributed by atoms with Gasteiger partial charge in [0.1, 0.15) is 0 Å². The summed E-state index contributed by atoms with van der Waals surface area (Å²) in [7, 11) is -3.59. The molecule has 4 rings (SSSR count). The average Bonchev–Trinajstić information content (AvgIpc) is 2.79. The summed E-state index contributed by atoms with van der Waals surface area (Å²) >= 11 is 1.71. The molecule has 0 unspecified atom stereocenters. The second kappa shape index (κ2) is 8.79. The zero-order valence-electron chi connectivity index (χ0n) is 16.8. The highest BCUT2D eigenvalue weighted by Crippen LogP contribution is 2.23. The monoisotopic (exact) mass is 440 g/mol. The molecule has 1 aliphatic heterocycles. The quantitative estimate of drug-likeness (QED) is 0.605. The molecule has 0 saturated carbocycles. The standard InChI is InChI=1S/C23H24N2O3S2/c1-29-17-18-5-4-8-21(15-18)23(26)24-11-13-25(14-12-24)30(27,28)22-10-9-19-6-2-3-7-20(19)16-22/h2-10,15-16H,11-14,17H2,1H3. The van der Waals surface area contributed by atoms with Crippen LogP contribution in [0.25, 0.3) is 10.8 Å². The Morgan fingerprint density at radius 2 is 1.63 bits per heavy atom. The largest absolute Gasteiger partial charge is 0.336 e. The van der Waals surface area contributed by atoms with Crippen molar-refractivity contribution >= 4 is 38.5 Å². The van der Waals surface area contributed by atoms with Crippen molar-refractivity contribution in [3.8, 4) is 0 Å². The fraction of sp³-hybridized carbons (Fsp3) is 0.261. The van der Waals surface area contributed by atoms with Crippen molar-refractivity contribution in [1.82, 2.24) is 9.21 Å². The second-order valence-electron chi connectivity index (χ2n) is 7.34. The van der Waals surface area contributed by atoms with Crippen molar-refractivity contribution in [2.24, 2.45) is 0 Å². The van der Waals surface area contributed by atoms with Crippen LogP contribution in [0.2, 0.25) is 0 Å². The van der Waals surface area contributed by atoms with Crippen LogP contribution in [0, 0.1) is 0 Å². The number of carbonyl (C=O) groups excluding carboxylic acids is 1. The number of sulfonamides is 1. The number of rotatable bonds is 5. The van der Waals surface area contributed by atoms with E-state index in [9.17, 15) is 13.2 Å². The molecule has 0 spiro atoms. The summed E-state index contributed by atoms with van der Waals surface area (Å²) in [6, 6.07) is 20.6. The molecule has 0 bridgehead atoms. The number of thioether (sulfide) groups is 1. The zero-order chi connectivity index (χ0) is 21.1. The van der Waals surface area contributed by atoms with Crippen LogP contribution in [0.1, 0.15) is 15.9 Å². The normalized spacial score (nSPS) is 15.4. The van der Waals surface area contributed by atoms with Crippen LogP contribution in [0.15, 0.2) is 71.6 Å². The van der Waals surface area contributed by atoms with Crippen molar-refractivity contribution in [2.75, 3.05) is 32.4 Å². The molecule has 1 amide bonds. The van der Waals surface area contributed by atoms with Crippen molar-refractivity contribution in [1.29, 1.82) is 0 Å². The van der Waals surface area contributed by atoms with E-state index in [-0.39, 0.29) is 5.91 Å². The van der Waals surface area contributed by atoms with Gasteiger partial charge in [-0.2, -0.15) is 16.1 Å². The molecule has 0 atom stereocenters. The number of amides is 1. The van der Waals surface area contributed by atoms with Gasteiger partial charge in [-0.15, -0.1) is 0 Å². The summed E-state index contributed by atoms with van der Waals surface area (Å²) in [5.41, 5.74) is 1.78. The zero-order valence-corrected chi connectivity index (χ0v) is 18.5. The Morgan fingerprint density at radius 1 is 0.900 bits per heavy atom. The first-order valence-electron chi connectivity index (χ1n) is 9.85. The summed E-state index contributed by atoms with van der Waals surface area (Å²) in [5.74, 6) is 0.819. The maximum Gasteiger partial charge on any atom is 0.253 e. The Hall–Kier alpha value is -2.35. The lowest BCUT2D eigenvalue weighted by atomic mass is 10.1. The maximum atomic E-state index is 13.1. The van der Waals surface area contributed by atoms with Crippen molar-refractivity contribution < 1.29 is 13.2 Å². The van der Waals surface area contributed by atoms with Gasteiger partial charge in [-0.05, 0) is 46.9 Å². The van der Waals surface area contributed by atoms with Gasteiger partial charge >= 0.3 is 0 Å². The number of nitrogens with zero attached hydrogens (tertiary/aromatic N) is 2. The van der Waals surface area contributed by atoms with Gasteiger partial charge in [-0.25, -0.2) is 8.42 Å². The van der Waals surface area contributed by atoms with Crippen LogP contribution < -0.4 is 0 Å². The smallest absolute Gasteiger partial charge is 0.253 e. The minimum absolute atomic E-state index is 0.0410. The maximum absolute atomic E-state index is 13.1. The van der Waals surface area contributed by atoms with Crippen LogP contribution in [-0.2, 0) is 15.8 Å². The van der Waals surface area contributed by atoms with Gasteiger partial charge in [0.05, 0.1) is 4.90 Å². The van der Waals surface area contributed by atoms with Crippen molar-refractivity contribution in [3.05, 3.63) is 77.9 Å². The summed E-state index contributed by atoms with van der Waals surface area (Å²) in [6.07, 6.45) is 2.03. The molecule has 1 aliphatic rings. The highest BCUT2D eigenvalue weighted by atomic mass is 32.2. The number of hydrogen-bond acceptors (Lipinski definition) is 4.